The first-order valence-corrected chi connectivity index (χ1v) is 4.52. The van der Waals surface area contributed by atoms with E-state index in [1.54, 1.807) is 0 Å². The van der Waals surface area contributed by atoms with Crippen LogP contribution in [-0.2, 0) is 4.79 Å². The Morgan fingerprint density at radius 1 is 1.08 bits per heavy atom. The number of unbranched alkanes of at least 4 members (excludes halogenated alkanes) is 1. The molecule has 0 aromatic rings. The zero-order chi connectivity index (χ0) is 9.23. The van der Waals surface area contributed by atoms with Crippen LogP contribution >= 0.6 is 0 Å². The third-order valence-corrected chi connectivity index (χ3v) is 1.92. The van der Waals surface area contributed by atoms with E-state index < -0.39 is 0 Å². The van der Waals surface area contributed by atoms with Gasteiger partial charge in [0.25, 0.3) is 0 Å². The zero-order valence-electron chi connectivity index (χ0n) is 7.67. The highest BCUT2D eigenvalue weighted by Gasteiger charge is 2.04. The molecular formula is C11H18O. The molecule has 0 aliphatic rings. The summed E-state index contributed by atoms with van der Waals surface area (Å²) >= 11 is 0. The van der Waals surface area contributed by atoms with Crippen molar-refractivity contribution in [2.24, 2.45) is 5.92 Å². The summed E-state index contributed by atoms with van der Waals surface area (Å²) in [5, 5.41) is 0. The number of hydrogen-bond donors (Lipinski definition) is 0. The van der Waals surface area contributed by atoms with Gasteiger partial charge in [0.1, 0.15) is 6.29 Å². The topological polar surface area (TPSA) is 17.1 Å². The number of carbonyl (C=O) groups is 1. The fourth-order valence-electron chi connectivity index (χ4n) is 1.14. The quantitative estimate of drug-likeness (QED) is 0.307. The van der Waals surface area contributed by atoms with Crippen LogP contribution in [0.1, 0.15) is 32.1 Å². The van der Waals surface area contributed by atoms with Gasteiger partial charge in [-0.25, -0.2) is 0 Å². The third-order valence-electron chi connectivity index (χ3n) is 1.92. The van der Waals surface area contributed by atoms with Crippen molar-refractivity contribution in [1.29, 1.82) is 0 Å². The zero-order valence-corrected chi connectivity index (χ0v) is 7.67. The molecule has 68 valence electrons. The molecule has 0 heterocycles. The van der Waals surface area contributed by atoms with Crippen LogP contribution in [0, 0.1) is 5.92 Å². The van der Waals surface area contributed by atoms with Gasteiger partial charge in [0.05, 0.1) is 0 Å². The van der Waals surface area contributed by atoms with E-state index in [-0.39, 0.29) is 5.92 Å². The summed E-state index contributed by atoms with van der Waals surface area (Å²) in [4.78, 5) is 10.5. The van der Waals surface area contributed by atoms with Crippen LogP contribution in [0.2, 0.25) is 0 Å². The normalized spacial score (nSPS) is 12.0. The Balaban J connectivity index is 3.44. The average Bonchev–Trinajstić information content (AvgIpc) is 2.11. The molecule has 0 aliphatic carbocycles. The van der Waals surface area contributed by atoms with E-state index in [1.807, 2.05) is 12.2 Å². The molecule has 12 heavy (non-hydrogen) atoms. The van der Waals surface area contributed by atoms with Crippen LogP contribution in [0.15, 0.2) is 25.3 Å². The Hall–Kier alpha value is -0.850. The summed E-state index contributed by atoms with van der Waals surface area (Å²) in [6.07, 6.45) is 9.79. The first kappa shape index (κ1) is 11.2. The van der Waals surface area contributed by atoms with Crippen molar-refractivity contribution < 1.29 is 4.79 Å². The summed E-state index contributed by atoms with van der Waals surface area (Å²) in [6.45, 7) is 7.27. The Labute approximate surface area is 75.2 Å². The van der Waals surface area contributed by atoms with Crippen LogP contribution in [0.5, 0.6) is 0 Å². The minimum Gasteiger partial charge on any atom is -0.303 e. The Morgan fingerprint density at radius 3 is 2.25 bits per heavy atom. The summed E-state index contributed by atoms with van der Waals surface area (Å²) < 4.78 is 0. The van der Waals surface area contributed by atoms with Crippen molar-refractivity contribution in [3.63, 3.8) is 0 Å². The number of rotatable bonds is 8. The fourth-order valence-corrected chi connectivity index (χ4v) is 1.14. The van der Waals surface area contributed by atoms with Crippen molar-refractivity contribution in [3.8, 4) is 0 Å². The predicted octanol–water partition coefficient (Wildman–Crippen LogP) is 3.12. The second kappa shape index (κ2) is 8.25. The number of carbonyl (C=O) groups excluding carboxylic acids is 1. The fraction of sp³-hybridized carbons (Fsp3) is 0.545. The number of hydrogen-bond acceptors (Lipinski definition) is 1. The van der Waals surface area contributed by atoms with Gasteiger partial charge in [0.15, 0.2) is 0 Å². The summed E-state index contributed by atoms with van der Waals surface area (Å²) in [5.41, 5.74) is 0. The van der Waals surface area contributed by atoms with Crippen molar-refractivity contribution in [1.82, 2.24) is 0 Å². The summed E-state index contributed by atoms with van der Waals surface area (Å²) in [7, 11) is 0. The minimum atomic E-state index is 0.225. The maximum Gasteiger partial charge on any atom is 0.123 e. The van der Waals surface area contributed by atoms with Crippen molar-refractivity contribution >= 4 is 6.29 Å². The molecule has 0 aromatic carbocycles. The van der Waals surface area contributed by atoms with E-state index in [9.17, 15) is 4.79 Å². The summed E-state index contributed by atoms with van der Waals surface area (Å²) in [6, 6.07) is 0. The van der Waals surface area contributed by atoms with Crippen LogP contribution in [0.4, 0.5) is 0 Å². The molecule has 0 saturated carbocycles. The van der Waals surface area contributed by atoms with Crippen molar-refractivity contribution in [3.05, 3.63) is 25.3 Å². The van der Waals surface area contributed by atoms with Gasteiger partial charge in [0.2, 0.25) is 0 Å². The van der Waals surface area contributed by atoms with Crippen LogP contribution in [0.3, 0.4) is 0 Å². The molecule has 0 aliphatic heterocycles. The maximum atomic E-state index is 10.5. The molecule has 1 atom stereocenters. The molecule has 0 amide bonds. The van der Waals surface area contributed by atoms with Crippen molar-refractivity contribution in [2.75, 3.05) is 0 Å². The van der Waals surface area contributed by atoms with Gasteiger partial charge in [-0.05, 0) is 32.1 Å². The Kier molecular flexibility index (Phi) is 7.66. The Morgan fingerprint density at radius 2 is 1.75 bits per heavy atom. The molecule has 0 spiro atoms. The standard InChI is InChI=1S/C11H18O/c1-3-5-7-9-11(10-12)8-6-4-2/h3-4,10-11H,1-2,5-9H2. The lowest BCUT2D eigenvalue weighted by Gasteiger charge is -2.06. The lowest BCUT2D eigenvalue weighted by Crippen LogP contribution is -2.00. The molecule has 1 nitrogen and oxygen atoms in total. The van der Waals surface area contributed by atoms with Crippen LogP contribution < -0.4 is 0 Å². The van der Waals surface area contributed by atoms with Gasteiger partial charge in [0, 0.05) is 5.92 Å². The molecule has 0 aromatic heterocycles. The maximum absolute atomic E-state index is 10.5. The van der Waals surface area contributed by atoms with Gasteiger partial charge >= 0.3 is 0 Å². The lowest BCUT2D eigenvalue weighted by molar-refractivity contribution is -0.111. The first-order valence-electron chi connectivity index (χ1n) is 4.52. The third kappa shape index (κ3) is 5.90. The molecular weight excluding hydrogens is 148 g/mol. The van der Waals surface area contributed by atoms with E-state index in [2.05, 4.69) is 13.2 Å². The van der Waals surface area contributed by atoms with Crippen LogP contribution in [-0.4, -0.2) is 6.29 Å². The highest BCUT2D eigenvalue weighted by molar-refractivity contribution is 5.53. The van der Waals surface area contributed by atoms with E-state index in [0.717, 1.165) is 38.4 Å². The first-order chi connectivity index (χ1) is 5.85. The molecule has 0 radical (unpaired) electrons. The molecule has 0 rings (SSSR count). The molecule has 0 fully saturated rings. The SMILES string of the molecule is C=CCCCC(C=O)CCC=C. The van der Waals surface area contributed by atoms with Gasteiger partial charge in [-0.3, -0.25) is 0 Å². The average molecular weight is 166 g/mol. The second-order valence-electron chi connectivity index (χ2n) is 2.98. The number of allylic oxidation sites excluding steroid dienone is 2. The number of aldehydes is 1. The molecule has 0 N–H and O–H groups in total. The van der Waals surface area contributed by atoms with Gasteiger partial charge in [-0.15, -0.1) is 13.2 Å². The molecule has 0 bridgehead atoms. The van der Waals surface area contributed by atoms with Crippen LogP contribution in [0.25, 0.3) is 0 Å². The Bertz CT molecular complexity index is 138. The molecule has 1 unspecified atom stereocenters. The minimum absolute atomic E-state index is 0.225. The largest absolute Gasteiger partial charge is 0.303 e. The van der Waals surface area contributed by atoms with E-state index >= 15 is 0 Å². The highest BCUT2D eigenvalue weighted by Crippen LogP contribution is 2.12. The lowest BCUT2D eigenvalue weighted by atomic mass is 9.98. The van der Waals surface area contributed by atoms with E-state index in [0.29, 0.717) is 0 Å². The predicted molar refractivity (Wildman–Crippen MR) is 53.0 cm³/mol. The molecule has 0 saturated heterocycles. The van der Waals surface area contributed by atoms with Crippen molar-refractivity contribution in [2.45, 2.75) is 32.1 Å². The van der Waals surface area contributed by atoms with E-state index in [1.165, 1.54) is 0 Å². The highest BCUT2D eigenvalue weighted by atomic mass is 16.1. The smallest absolute Gasteiger partial charge is 0.123 e. The second-order valence-corrected chi connectivity index (χ2v) is 2.98. The van der Waals surface area contributed by atoms with Gasteiger partial charge < -0.3 is 4.79 Å². The molecule has 1 heteroatoms. The van der Waals surface area contributed by atoms with E-state index in [4.69, 9.17) is 0 Å². The van der Waals surface area contributed by atoms with Gasteiger partial charge in [-0.2, -0.15) is 0 Å². The summed E-state index contributed by atoms with van der Waals surface area (Å²) in [5.74, 6) is 0.225. The van der Waals surface area contributed by atoms with Gasteiger partial charge in [-0.1, -0.05) is 12.2 Å². The monoisotopic (exact) mass is 166 g/mol.